The number of likely N-dealkylation sites (tertiary alicyclic amines) is 1. The van der Waals surface area contributed by atoms with Crippen molar-refractivity contribution in [1.82, 2.24) is 4.90 Å². The molecule has 0 aromatic heterocycles. The van der Waals surface area contributed by atoms with Gasteiger partial charge in [-0.3, -0.25) is 9.59 Å². The molecule has 19 heavy (non-hydrogen) atoms. The van der Waals surface area contributed by atoms with Gasteiger partial charge in [0, 0.05) is 18.8 Å². The summed E-state index contributed by atoms with van der Waals surface area (Å²) in [6, 6.07) is 7.22. The molecule has 1 heterocycles. The third-order valence-corrected chi connectivity index (χ3v) is 3.43. The first-order valence-corrected chi connectivity index (χ1v) is 6.41. The molecule has 3 N–H and O–H groups in total. The van der Waals surface area contributed by atoms with Crippen LogP contribution in [0.1, 0.15) is 18.4 Å². The molecule has 1 aliphatic heterocycles. The number of benzene rings is 1. The first kappa shape index (κ1) is 13.4. The summed E-state index contributed by atoms with van der Waals surface area (Å²) in [5.41, 5.74) is 7.17. The van der Waals surface area contributed by atoms with E-state index in [4.69, 9.17) is 10.8 Å². The van der Waals surface area contributed by atoms with E-state index in [0.29, 0.717) is 25.2 Å². The number of nitrogens with two attached hydrogens (primary N) is 1. The molecule has 1 atom stereocenters. The normalized spacial score (nSPS) is 19.2. The van der Waals surface area contributed by atoms with Crippen molar-refractivity contribution in [2.45, 2.75) is 19.3 Å². The average molecular weight is 262 g/mol. The molecule has 0 unspecified atom stereocenters. The molecule has 1 aliphatic rings. The Morgan fingerprint density at radius 3 is 2.89 bits per heavy atom. The minimum Gasteiger partial charge on any atom is -0.481 e. The van der Waals surface area contributed by atoms with Crippen molar-refractivity contribution in [1.29, 1.82) is 0 Å². The van der Waals surface area contributed by atoms with Gasteiger partial charge < -0.3 is 15.7 Å². The number of hydrogen-bond donors (Lipinski definition) is 2. The van der Waals surface area contributed by atoms with Crippen molar-refractivity contribution in [3.8, 4) is 0 Å². The van der Waals surface area contributed by atoms with E-state index < -0.39 is 11.9 Å². The number of carboxylic acid groups (broad SMARTS) is 1. The maximum Gasteiger partial charge on any atom is 0.308 e. The molecule has 0 saturated carbocycles. The SMILES string of the molecule is Nc1cccc(CC(=O)N2CCC[C@@H](C(=O)O)C2)c1. The highest BCUT2D eigenvalue weighted by molar-refractivity contribution is 5.80. The lowest BCUT2D eigenvalue weighted by Gasteiger charge is -2.30. The van der Waals surface area contributed by atoms with Gasteiger partial charge in [0.25, 0.3) is 0 Å². The number of nitrogens with zero attached hydrogens (tertiary/aromatic N) is 1. The summed E-state index contributed by atoms with van der Waals surface area (Å²) in [4.78, 5) is 24.8. The number of piperidine rings is 1. The zero-order chi connectivity index (χ0) is 13.8. The first-order chi connectivity index (χ1) is 9.06. The Morgan fingerprint density at radius 2 is 2.21 bits per heavy atom. The number of aliphatic carboxylic acids is 1. The van der Waals surface area contributed by atoms with Gasteiger partial charge in [-0.1, -0.05) is 12.1 Å². The Balaban J connectivity index is 1.98. The van der Waals surface area contributed by atoms with Gasteiger partial charge in [0.15, 0.2) is 0 Å². The van der Waals surface area contributed by atoms with E-state index in [-0.39, 0.29) is 12.3 Å². The quantitative estimate of drug-likeness (QED) is 0.800. The maximum absolute atomic E-state index is 12.1. The smallest absolute Gasteiger partial charge is 0.308 e. The molecule has 0 spiro atoms. The van der Waals surface area contributed by atoms with E-state index in [0.717, 1.165) is 12.0 Å². The number of carbonyl (C=O) groups excluding carboxylic acids is 1. The minimum absolute atomic E-state index is 0.0310. The van der Waals surface area contributed by atoms with Gasteiger partial charge in [0.2, 0.25) is 5.91 Å². The van der Waals surface area contributed by atoms with Crippen LogP contribution in [0.3, 0.4) is 0 Å². The highest BCUT2D eigenvalue weighted by atomic mass is 16.4. The van der Waals surface area contributed by atoms with E-state index in [9.17, 15) is 9.59 Å². The van der Waals surface area contributed by atoms with Crippen LogP contribution in [0.15, 0.2) is 24.3 Å². The predicted molar refractivity (Wildman–Crippen MR) is 71.5 cm³/mol. The minimum atomic E-state index is -0.818. The summed E-state index contributed by atoms with van der Waals surface area (Å²) < 4.78 is 0. The average Bonchev–Trinajstić information content (AvgIpc) is 2.39. The predicted octanol–water partition coefficient (Wildman–Crippen LogP) is 1.13. The number of rotatable bonds is 3. The lowest BCUT2D eigenvalue weighted by Crippen LogP contribution is -2.42. The summed E-state index contributed by atoms with van der Waals surface area (Å²) in [7, 11) is 0. The molecule has 1 saturated heterocycles. The van der Waals surface area contributed by atoms with Crippen LogP contribution in [0.2, 0.25) is 0 Å². The Hall–Kier alpha value is -2.04. The van der Waals surface area contributed by atoms with Crippen molar-refractivity contribution in [2.75, 3.05) is 18.8 Å². The van der Waals surface area contributed by atoms with Gasteiger partial charge in [0.05, 0.1) is 12.3 Å². The van der Waals surface area contributed by atoms with Crippen LogP contribution in [0.5, 0.6) is 0 Å². The highest BCUT2D eigenvalue weighted by Gasteiger charge is 2.27. The van der Waals surface area contributed by atoms with Gasteiger partial charge >= 0.3 is 5.97 Å². The number of nitrogen functional groups attached to an aromatic ring is 1. The van der Waals surface area contributed by atoms with Crippen LogP contribution < -0.4 is 5.73 Å². The number of anilines is 1. The third kappa shape index (κ3) is 3.47. The summed E-state index contributed by atoms with van der Waals surface area (Å²) in [5.74, 6) is -1.28. The van der Waals surface area contributed by atoms with E-state index in [1.165, 1.54) is 0 Å². The zero-order valence-corrected chi connectivity index (χ0v) is 10.7. The zero-order valence-electron chi connectivity index (χ0n) is 10.7. The van der Waals surface area contributed by atoms with E-state index >= 15 is 0 Å². The molecule has 0 radical (unpaired) electrons. The number of carboxylic acids is 1. The topological polar surface area (TPSA) is 83.6 Å². The second-order valence-electron chi connectivity index (χ2n) is 4.94. The number of hydrogen-bond acceptors (Lipinski definition) is 3. The second kappa shape index (κ2) is 5.73. The fourth-order valence-electron chi connectivity index (χ4n) is 2.39. The van der Waals surface area contributed by atoms with Gasteiger partial charge in [0.1, 0.15) is 0 Å². The summed E-state index contributed by atoms with van der Waals surface area (Å²) in [6.45, 7) is 0.960. The molecule has 5 heteroatoms. The molecule has 1 aromatic carbocycles. The van der Waals surface area contributed by atoms with Crippen LogP contribution in [-0.4, -0.2) is 35.0 Å². The first-order valence-electron chi connectivity index (χ1n) is 6.41. The molecule has 2 rings (SSSR count). The molecule has 102 valence electrons. The number of carbonyl (C=O) groups is 2. The van der Waals surface area contributed by atoms with Crippen molar-refractivity contribution in [3.63, 3.8) is 0 Å². The Morgan fingerprint density at radius 1 is 1.42 bits per heavy atom. The van der Waals surface area contributed by atoms with Crippen molar-refractivity contribution in [2.24, 2.45) is 5.92 Å². The largest absolute Gasteiger partial charge is 0.481 e. The van der Waals surface area contributed by atoms with E-state index in [1.807, 2.05) is 12.1 Å². The molecule has 1 aromatic rings. The maximum atomic E-state index is 12.1. The summed E-state index contributed by atoms with van der Waals surface area (Å²) in [5, 5.41) is 9.01. The van der Waals surface area contributed by atoms with E-state index in [2.05, 4.69) is 0 Å². The molecule has 0 aliphatic carbocycles. The molecule has 0 bridgehead atoms. The van der Waals surface area contributed by atoms with Crippen molar-refractivity contribution < 1.29 is 14.7 Å². The lowest BCUT2D eigenvalue weighted by atomic mass is 9.97. The molecule has 1 fully saturated rings. The highest BCUT2D eigenvalue weighted by Crippen LogP contribution is 2.18. The van der Waals surface area contributed by atoms with Crippen LogP contribution >= 0.6 is 0 Å². The monoisotopic (exact) mass is 262 g/mol. The van der Waals surface area contributed by atoms with Crippen LogP contribution in [0.25, 0.3) is 0 Å². The molecule has 5 nitrogen and oxygen atoms in total. The Kier molecular flexibility index (Phi) is 4.04. The fourth-order valence-corrected chi connectivity index (χ4v) is 2.39. The third-order valence-electron chi connectivity index (χ3n) is 3.43. The Labute approximate surface area is 112 Å². The Bertz CT molecular complexity index is 487. The van der Waals surface area contributed by atoms with Gasteiger partial charge in [-0.2, -0.15) is 0 Å². The lowest BCUT2D eigenvalue weighted by molar-refractivity contribution is -0.145. The summed E-state index contributed by atoms with van der Waals surface area (Å²) >= 11 is 0. The number of amides is 1. The molecular formula is C14H18N2O3. The van der Waals surface area contributed by atoms with Crippen LogP contribution in [0.4, 0.5) is 5.69 Å². The van der Waals surface area contributed by atoms with Gasteiger partial charge in [-0.25, -0.2) is 0 Å². The van der Waals surface area contributed by atoms with Gasteiger partial charge in [-0.05, 0) is 30.5 Å². The van der Waals surface area contributed by atoms with Crippen molar-refractivity contribution in [3.05, 3.63) is 29.8 Å². The molecule has 1 amide bonds. The summed E-state index contributed by atoms with van der Waals surface area (Å²) in [6.07, 6.45) is 1.68. The van der Waals surface area contributed by atoms with Crippen LogP contribution in [-0.2, 0) is 16.0 Å². The van der Waals surface area contributed by atoms with Gasteiger partial charge in [-0.15, -0.1) is 0 Å². The standard InChI is InChI=1S/C14H18N2O3/c15-12-5-1-3-10(7-12)8-13(17)16-6-2-4-11(9-16)14(18)19/h1,3,5,7,11H,2,4,6,8-9,15H2,(H,18,19)/t11-/m1/s1. The van der Waals surface area contributed by atoms with Crippen molar-refractivity contribution >= 4 is 17.6 Å². The second-order valence-corrected chi connectivity index (χ2v) is 4.94. The van der Waals surface area contributed by atoms with Crippen LogP contribution in [0, 0.1) is 5.92 Å². The molecular weight excluding hydrogens is 244 g/mol. The van der Waals surface area contributed by atoms with E-state index in [1.54, 1.807) is 17.0 Å². The fraction of sp³-hybridized carbons (Fsp3) is 0.429.